The lowest BCUT2D eigenvalue weighted by Gasteiger charge is -2.32. The highest BCUT2D eigenvalue weighted by Gasteiger charge is 2.25. The number of aromatic nitrogens is 2. The van der Waals surface area contributed by atoms with Gasteiger partial charge in [-0.15, -0.1) is 0 Å². The van der Waals surface area contributed by atoms with Gasteiger partial charge in [-0.1, -0.05) is 27.5 Å². The largest absolute Gasteiger partial charge is 0.339 e. The second-order valence-corrected chi connectivity index (χ2v) is 7.79. The maximum atomic E-state index is 12.7. The monoisotopic (exact) mass is 409 g/mol. The third-order valence-electron chi connectivity index (χ3n) is 4.60. The van der Waals surface area contributed by atoms with E-state index in [1.54, 1.807) is 12.1 Å². The quantitative estimate of drug-likeness (QED) is 0.749. The summed E-state index contributed by atoms with van der Waals surface area (Å²) in [5.41, 5.74) is 2.83. The Morgan fingerprint density at radius 2 is 2.00 bits per heavy atom. The molecule has 4 nitrogen and oxygen atoms in total. The van der Waals surface area contributed by atoms with E-state index in [9.17, 15) is 4.79 Å². The highest BCUT2D eigenvalue weighted by molar-refractivity contribution is 9.10. The van der Waals surface area contributed by atoms with E-state index in [4.69, 9.17) is 11.6 Å². The van der Waals surface area contributed by atoms with E-state index in [1.165, 1.54) is 5.69 Å². The number of piperidine rings is 1. The van der Waals surface area contributed by atoms with Gasteiger partial charge in [0.2, 0.25) is 0 Å². The van der Waals surface area contributed by atoms with Crippen molar-refractivity contribution in [2.24, 2.45) is 5.92 Å². The smallest absolute Gasteiger partial charge is 0.255 e. The third kappa shape index (κ3) is 3.83. The molecule has 0 unspecified atom stereocenters. The maximum absolute atomic E-state index is 12.7. The summed E-state index contributed by atoms with van der Waals surface area (Å²) in [6.07, 6.45) is 1.99. The van der Waals surface area contributed by atoms with Gasteiger partial charge in [0.25, 0.3) is 5.91 Å². The van der Waals surface area contributed by atoms with Crippen LogP contribution in [0.2, 0.25) is 5.02 Å². The molecule has 1 amide bonds. The average Bonchev–Trinajstić information content (AvgIpc) is 2.87. The Bertz CT molecular complexity index is 751. The lowest BCUT2D eigenvalue weighted by Crippen LogP contribution is -2.39. The first-order valence-electron chi connectivity index (χ1n) is 8.19. The van der Waals surface area contributed by atoms with Gasteiger partial charge in [0, 0.05) is 29.8 Å². The lowest BCUT2D eigenvalue weighted by atomic mass is 9.96. The summed E-state index contributed by atoms with van der Waals surface area (Å²) in [6, 6.07) is 7.51. The van der Waals surface area contributed by atoms with E-state index in [1.807, 2.05) is 17.9 Å². The maximum Gasteiger partial charge on any atom is 0.255 e. The van der Waals surface area contributed by atoms with Crippen molar-refractivity contribution in [1.29, 1.82) is 0 Å². The van der Waals surface area contributed by atoms with Gasteiger partial charge in [0.1, 0.15) is 0 Å². The van der Waals surface area contributed by atoms with Crippen molar-refractivity contribution in [1.82, 2.24) is 14.7 Å². The molecule has 3 rings (SSSR count). The zero-order valence-electron chi connectivity index (χ0n) is 13.9. The van der Waals surface area contributed by atoms with E-state index in [2.05, 4.69) is 38.7 Å². The number of aryl methyl sites for hydroxylation is 2. The van der Waals surface area contributed by atoms with Gasteiger partial charge in [-0.2, -0.15) is 5.10 Å². The van der Waals surface area contributed by atoms with Crippen LogP contribution in [0, 0.1) is 19.8 Å². The fraction of sp³-hybridized carbons (Fsp3) is 0.444. The summed E-state index contributed by atoms with van der Waals surface area (Å²) in [7, 11) is 0. The van der Waals surface area contributed by atoms with Crippen molar-refractivity contribution >= 4 is 33.4 Å². The minimum absolute atomic E-state index is 0.0193. The van der Waals surface area contributed by atoms with Gasteiger partial charge >= 0.3 is 0 Å². The topological polar surface area (TPSA) is 38.1 Å². The number of carbonyl (C=O) groups is 1. The molecule has 2 aromatic rings. The summed E-state index contributed by atoms with van der Waals surface area (Å²) in [5.74, 6) is 0.580. The molecule has 0 spiro atoms. The van der Waals surface area contributed by atoms with Crippen LogP contribution in [-0.2, 0) is 6.54 Å². The van der Waals surface area contributed by atoms with Gasteiger partial charge < -0.3 is 4.90 Å². The van der Waals surface area contributed by atoms with Crippen molar-refractivity contribution in [3.05, 3.63) is 50.7 Å². The van der Waals surface area contributed by atoms with Crippen molar-refractivity contribution in [2.75, 3.05) is 13.1 Å². The fourth-order valence-electron chi connectivity index (χ4n) is 3.25. The van der Waals surface area contributed by atoms with Gasteiger partial charge in [-0.3, -0.25) is 9.48 Å². The number of rotatable bonds is 3. The third-order valence-corrected chi connectivity index (χ3v) is 5.42. The standard InChI is InChI=1S/C18H21BrClN3O/c1-12-9-13(2)23(21-12)11-14-5-7-22(8-6-14)18(24)16-10-15(19)3-4-17(16)20/h3-4,9-10,14H,5-8,11H2,1-2H3. The van der Waals surface area contributed by atoms with E-state index < -0.39 is 0 Å². The number of amides is 1. The van der Waals surface area contributed by atoms with Crippen molar-refractivity contribution in [3.8, 4) is 0 Å². The molecule has 0 saturated carbocycles. The van der Waals surface area contributed by atoms with E-state index in [-0.39, 0.29) is 5.91 Å². The Morgan fingerprint density at radius 3 is 2.62 bits per heavy atom. The van der Waals surface area contributed by atoms with Crippen LogP contribution >= 0.6 is 27.5 Å². The number of halogens is 2. The van der Waals surface area contributed by atoms with E-state index in [0.29, 0.717) is 16.5 Å². The molecule has 2 heterocycles. The molecule has 6 heteroatoms. The summed E-state index contributed by atoms with van der Waals surface area (Å²) >= 11 is 9.59. The molecule has 1 aliphatic rings. The highest BCUT2D eigenvalue weighted by atomic mass is 79.9. The molecule has 24 heavy (non-hydrogen) atoms. The Labute approximate surface area is 155 Å². The minimum Gasteiger partial charge on any atom is -0.339 e. The highest BCUT2D eigenvalue weighted by Crippen LogP contribution is 2.26. The molecule has 0 atom stereocenters. The molecule has 1 saturated heterocycles. The average molecular weight is 411 g/mol. The van der Waals surface area contributed by atoms with Gasteiger partial charge in [-0.25, -0.2) is 0 Å². The van der Waals surface area contributed by atoms with Crippen LogP contribution < -0.4 is 0 Å². The second-order valence-electron chi connectivity index (χ2n) is 6.47. The molecule has 1 aromatic carbocycles. The molecule has 0 aliphatic carbocycles. The predicted octanol–water partition coefficient (Wildman–Crippen LogP) is 4.47. The van der Waals surface area contributed by atoms with Crippen LogP contribution in [0.4, 0.5) is 0 Å². The first-order valence-corrected chi connectivity index (χ1v) is 9.36. The van der Waals surface area contributed by atoms with Crippen LogP contribution in [0.25, 0.3) is 0 Å². The molecule has 1 aliphatic heterocycles. The normalized spacial score (nSPS) is 15.8. The summed E-state index contributed by atoms with van der Waals surface area (Å²) in [5, 5.41) is 5.05. The van der Waals surface area contributed by atoms with Crippen LogP contribution in [0.3, 0.4) is 0 Å². The number of carbonyl (C=O) groups excluding carboxylic acids is 1. The Balaban J connectivity index is 1.61. The number of benzene rings is 1. The zero-order valence-corrected chi connectivity index (χ0v) is 16.3. The van der Waals surface area contributed by atoms with Crippen LogP contribution in [-0.4, -0.2) is 33.7 Å². The number of likely N-dealkylation sites (tertiary alicyclic amines) is 1. The van der Waals surface area contributed by atoms with Crippen molar-refractivity contribution < 1.29 is 4.79 Å². The first-order chi connectivity index (χ1) is 11.4. The number of hydrogen-bond acceptors (Lipinski definition) is 2. The lowest BCUT2D eigenvalue weighted by molar-refractivity contribution is 0.0681. The molecule has 0 radical (unpaired) electrons. The SMILES string of the molecule is Cc1cc(C)n(CC2CCN(C(=O)c3cc(Br)ccc3Cl)CC2)n1. The van der Waals surface area contributed by atoms with Crippen molar-refractivity contribution in [3.63, 3.8) is 0 Å². The summed E-state index contributed by atoms with van der Waals surface area (Å²) in [6.45, 7) is 6.58. The van der Waals surface area contributed by atoms with Gasteiger partial charge in [-0.05, 0) is 56.9 Å². The number of nitrogens with zero attached hydrogens (tertiary/aromatic N) is 3. The van der Waals surface area contributed by atoms with E-state index in [0.717, 1.165) is 42.6 Å². The molecule has 0 N–H and O–H groups in total. The Hall–Kier alpha value is -1.33. The van der Waals surface area contributed by atoms with Crippen LogP contribution in [0.15, 0.2) is 28.7 Å². The molecule has 1 fully saturated rings. The fourth-order valence-corrected chi connectivity index (χ4v) is 3.81. The molecule has 128 valence electrons. The zero-order chi connectivity index (χ0) is 17.3. The second kappa shape index (κ2) is 7.28. The Kier molecular flexibility index (Phi) is 5.30. The molecular weight excluding hydrogens is 390 g/mol. The van der Waals surface area contributed by atoms with E-state index >= 15 is 0 Å². The van der Waals surface area contributed by atoms with Gasteiger partial charge in [0.15, 0.2) is 0 Å². The predicted molar refractivity (Wildman–Crippen MR) is 99.5 cm³/mol. The molecular formula is C18H21BrClN3O. The summed E-state index contributed by atoms with van der Waals surface area (Å²) < 4.78 is 2.96. The Morgan fingerprint density at radius 1 is 1.29 bits per heavy atom. The van der Waals surface area contributed by atoms with Crippen LogP contribution in [0.1, 0.15) is 34.6 Å². The molecule has 0 bridgehead atoms. The van der Waals surface area contributed by atoms with Gasteiger partial charge in [0.05, 0.1) is 16.3 Å². The molecule has 1 aromatic heterocycles. The van der Waals surface area contributed by atoms with Crippen molar-refractivity contribution in [2.45, 2.75) is 33.2 Å². The minimum atomic E-state index is 0.0193. The van der Waals surface area contributed by atoms with Crippen LogP contribution in [0.5, 0.6) is 0 Å². The first kappa shape index (κ1) is 17.5. The summed E-state index contributed by atoms with van der Waals surface area (Å²) in [4.78, 5) is 14.6. The number of hydrogen-bond donors (Lipinski definition) is 0.